The van der Waals surface area contributed by atoms with E-state index in [1.54, 1.807) is 0 Å². The van der Waals surface area contributed by atoms with Crippen LogP contribution in [0.5, 0.6) is 0 Å². The van der Waals surface area contributed by atoms with Crippen molar-refractivity contribution in [2.75, 3.05) is 47.5 Å². The molecule has 0 spiro atoms. The van der Waals surface area contributed by atoms with Crippen LogP contribution in [0.15, 0.2) is 146 Å². The molecule has 9 nitrogen and oxygen atoms in total. The molecule has 482 valence electrons. The zero-order valence-corrected chi connectivity index (χ0v) is 55.0. The molecule has 0 aromatic heterocycles. The summed E-state index contributed by atoms with van der Waals surface area (Å²) >= 11 is 0. The van der Waals surface area contributed by atoms with Crippen LogP contribution < -0.4 is 0 Å². The van der Waals surface area contributed by atoms with Gasteiger partial charge in [-0.25, -0.2) is 4.79 Å². The predicted molar refractivity (Wildman–Crippen MR) is 364 cm³/mol. The number of rotatable bonds is 61. The number of allylic oxidation sites excluding steroid dienone is 24. The van der Waals surface area contributed by atoms with Gasteiger partial charge in [0.1, 0.15) is 13.2 Å². The minimum Gasteiger partial charge on any atom is -0.477 e. The molecule has 0 radical (unpaired) electrons. The van der Waals surface area contributed by atoms with E-state index in [1.165, 1.54) is 83.5 Å². The molecule has 0 aliphatic rings. The van der Waals surface area contributed by atoms with E-state index in [2.05, 4.69) is 160 Å². The van der Waals surface area contributed by atoms with Crippen molar-refractivity contribution < 1.29 is 42.9 Å². The highest BCUT2D eigenvalue weighted by Crippen LogP contribution is 2.16. The summed E-state index contributed by atoms with van der Waals surface area (Å²) in [5.41, 5.74) is 0. The Bertz CT molecular complexity index is 1900. The number of aliphatic carboxylic acids is 1. The summed E-state index contributed by atoms with van der Waals surface area (Å²) < 4.78 is 22.9. The molecule has 0 fully saturated rings. The van der Waals surface area contributed by atoms with E-state index in [0.717, 1.165) is 141 Å². The SMILES string of the molecule is CC/C=C\C/C=C\C/C=C\C/C=C\C/C=C\C/C=C\CCCCCCCCCCCCCCCCCCC(=O)OC(COC(=O)CCCCCCCC/C=C\C/C=C\C/C=C\C/C=C\C/C=C\C/C=C\CC)COC(OCC[N+](C)(C)C)C(=O)O. The van der Waals surface area contributed by atoms with Gasteiger partial charge < -0.3 is 28.5 Å². The monoisotopic (exact) mass is 1180 g/mol. The number of carboxylic acids is 1. The number of hydrogen-bond acceptors (Lipinski definition) is 7. The van der Waals surface area contributed by atoms with E-state index in [-0.39, 0.29) is 38.6 Å². The first kappa shape index (κ1) is 80.2. The Kier molecular flexibility index (Phi) is 61.4. The Hall–Kier alpha value is -4.83. The van der Waals surface area contributed by atoms with E-state index in [0.29, 0.717) is 17.4 Å². The Morgan fingerprint density at radius 3 is 0.941 bits per heavy atom. The minimum absolute atomic E-state index is 0.178. The van der Waals surface area contributed by atoms with Gasteiger partial charge in [0.05, 0.1) is 34.4 Å². The Morgan fingerprint density at radius 2 is 0.635 bits per heavy atom. The maximum Gasteiger partial charge on any atom is 0.361 e. The van der Waals surface area contributed by atoms with E-state index < -0.39 is 24.3 Å². The number of carbonyl (C=O) groups is 3. The van der Waals surface area contributed by atoms with Gasteiger partial charge in [-0.2, -0.15) is 0 Å². The largest absolute Gasteiger partial charge is 0.477 e. The van der Waals surface area contributed by atoms with Crippen LogP contribution in [0.3, 0.4) is 0 Å². The van der Waals surface area contributed by atoms with Crippen molar-refractivity contribution in [2.45, 2.75) is 270 Å². The third-order valence-electron chi connectivity index (χ3n) is 14.1. The molecular weight excluding hydrogens is 1050 g/mol. The third kappa shape index (κ3) is 66.5. The van der Waals surface area contributed by atoms with Crippen LogP contribution in [0, 0.1) is 0 Å². The Balaban J connectivity index is 4.17. The van der Waals surface area contributed by atoms with Gasteiger partial charge in [-0.05, 0) is 116 Å². The normalized spacial score (nSPS) is 13.7. The fourth-order valence-electron chi connectivity index (χ4n) is 8.96. The molecule has 0 bridgehead atoms. The van der Waals surface area contributed by atoms with Crippen LogP contribution in [0.2, 0.25) is 0 Å². The van der Waals surface area contributed by atoms with Gasteiger partial charge in [0, 0.05) is 12.8 Å². The molecule has 1 N–H and O–H groups in total. The molecule has 0 saturated heterocycles. The number of unbranched alkanes of at least 4 members (excludes halogenated alkanes) is 22. The van der Waals surface area contributed by atoms with Crippen molar-refractivity contribution in [1.82, 2.24) is 0 Å². The fourth-order valence-corrected chi connectivity index (χ4v) is 8.96. The molecule has 0 amide bonds. The molecule has 0 saturated carbocycles. The molecule has 9 heteroatoms. The standard InChI is InChI=1S/C76H125NO8/c1-6-8-10-12-14-16-18-20-22-24-26-28-30-32-33-34-35-36-37-38-39-40-41-43-45-47-49-51-53-55-57-59-61-63-65-67-74(79)85-72(71-84-76(75(80)81)82-69-68-77(3,4)5)70-83-73(78)66-64-62-60-58-56-54-52-50-48-46-44-42-31-29-27-25-23-21-19-17-15-13-11-9-7-2/h8-11,14-17,20-23,26-29,32-33,35-36,42,44,48,50,72,76H,6-7,12-13,18-19,24-25,30-31,34,37-41,43,45-47,49,51-71H2,1-5H3/p+1/b10-8-,11-9-,16-14-,17-15-,22-20-,23-21-,28-26-,29-27-,33-32-,36-35-,44-42-,50-48-. The Labute approximate surface area is 522 Å². The average Bonchev–Trinajstić information content (AvgIpc) is 3.48. The maximum absolute atomic E-state index is 12.9. The first-order valence-electron chi connectivity index (χ1n) is 34.0. The second kappa shape index (κ2) is 65.2. The first-order chi connectivity index (χ1) is 41.6. The lowest BCUT2D eigenvalue weighted by molar-refractivity contribution is -0.870. The predicted octanol–water partition coefficient (Wildman–Crippen LogP) is 21.1. The molecule has 2 atom stereocenters. The van der Waals surface area contributed by atoms with E-state index in [4.69, 9.17) is 18.9 Å². The van der Waals surface area contributed by atoms with Crippen LogP contribution in [-0.4, -0.2) is 87.4 Å². The van der Waals surface area contributed by atoms with Gasteiger partial charge >= 0.3 is 17.9 Å². The lowest BCUT2D eigenvalue weighted by atomic mass is 10.0. The highest BCUT2D eigenvalue weighted by molar-refractivity contribution is 5.71. The molecule has 0 aliphatic heterocycles. The number of hydrogen-bond donors (Lipinski definition) is 1. The van der Waals surface area contributed by atoms with Crippen LogP contribution in [0.25, 0.3) is 0 Å². The van der Waals surface area contributed by atoms with Crippen LogP contribution in [0.1, 0.15) is 258 Å². The topological polar surface area (TPSA) is 108 Å². The quantitative estimate of drug-likeness (QED) is 0.0211. The maximum atomic E-state index is 12.9. The second-order valence-electron chi connectivity index (χ2n) is 23.4. The van der Waals surface area contributed by atoms with Gasteiger partial charge in [-0.15, -0.1) is 0 Å². The third-order valence-corrected chi connectivity index (χ3v) is 14.1. The number of carbonyl (C=O) groups excluding carboxylic acids is 2. The van der Waals surface area contributed by atoms with Gasteiger partial charge in [-0.3, -0.25) is 9.59 Å². The fraction of sp³-hybridized carbons (Fsp3) is 0.645. The summed E-state index contributed by atoms with van der Waals surface area (Å²) in [6, 6.07) is 0. The first-order valence-corrected chi connectivity index (χ1v) is 34.0. The summed E-state index contributed by atoms with van der Waals surface area (Å²) in [5, 5.41) is 9.74. The van der Waals surface area contributed by atoms with Gasteiger partial charge in [-0.1, -0.05) is 275 Å². The number of carboxylic acid groups (broad SMARTS) is 1. The van der Waals surface area contributed by atoms with Crippen molar-refractivity contribution in [2.24, 2.45) is 0 Å². The van der Waals surface area contributed by atoms with Crippen molar-refractivity contribution in [3.05, 3.63) is 146 Å². The zero-order valence-electron chi connectivity index (χ0n) is 55.0. The highest BCUT2D eigenvalue weighted by atomic mass is 16.7. The molecule has 0 heterocycles. The van der Waals surface area contributed by atoms with Crippen LogP contribution in [-0.2, 0) is 33.3 Å². The summed E-state index contributed by atoms with van der Waals surface area (Å²) in [4.78, 5) is 37.6. The van der Waals surface area contributed by atoms with Crippen molar-refractivity contribution in [1.29, 1.82) is 0 Å². The average molecular weight is 1180 g/mol. The van der Waals surface area contributed by atoms with Crippen LogP contribution in [0.4, 0.5) is 0 Å². The molecule has 0 aromatic carbocycles. The van der Waals surface area contributed by atoms with E-state index >= 15 is 0 Å². The van der Waals surface area contributed by atoms with Crippen molar-refractivity contribution >= 4 is 17.9 Å². The van der Waals surface area contributed by atoms with E-state index in [1.807, 2.05) is 21.1 Å². The lowest BCUT2D eigenvalue weighted by Gasteiger charge is -2.25. The number of nitrogens with zero attached hydrogens (tertiary/aromatic N) is 1. The smallest absolute Gasteiger partial charge is 0.361 e. The van der Waals surface area contributed by atoms with Crippen LogP contribution >= 0.6 is 0 Å². The second-order valence-corrected chi connectivity index (χ2v) is 23.4. The van der Waals surface area contributed by atoms with Gasteiger partial charge in [0.2, 0.25) is 0 Å². The van der Waals surface area contributed by atoms with Crippen molar-refractivity contribution in [3.8, 4) is 0 Å². The molecule has 2 unspecified atom stereocenters. The van der Waals surface area contributed by atoms with Crippen molar-refractivity contribution in [3.63, 3.8) is 0 Å². The Morgan fingerprint density at radius 1 is 0.353 bits per heavy atom. The summed E-state index contributed by atoms with van der Waals surface area (Å²) in [5.74, 6) is -2.03. The molecule has 0 aromatic rings. The summed E-state index contributed by atoms with van der Waals surface area (Å²) in [6.45, 7) is 4.63. The summed E-state index contributed by atoms with van der Waals surface area (Å²) in [6.07, 6.45) is 92.3. The zero-order chi connectivity index (χ0) is 61.9. The molecular formula is C76H126NO8+. The number of esters is 2. The van der Waals surface area contributed by atoms with E-state index in [9.17, 15) is 19.5 Å². The number of likely N-dealkylation sites (N-methyl/N-ethyl adjacent to an activating group) is 1. The lowest BCUT2D eigenvalue weighted by Crippen LogP contribution is -2.40. The van der Waals surface area contributed by atoms with Gasteiger partial charge in [0.25, 0.3) is 6.29 Å². The number of ether oxygens (including phenoxy) is 4. The highest BCUT2D eigenvalue weighted by Gasteiger charge is 2.25. The number of quaternary nitrogens is 1. The van der Waals surface area contributed by atoms with Gasteiger partial charge in [0.15, 0.2) is 6.10 Å². The minimum atomic E-state index is -1.52. The molecule has 85 heavy (non-hydrogen) atoms. The molecule has 0 aliphatic carbocycles. The molecule has 0 rings (SSSR count). The summed E-state index contributed by atoms with van der Waals surface area (Å²) in [7, 11) is 5.96.